The van der Waals surface area contributed by atoms with Crippen molar-refractivity contribution in [2.45, 2.75) is 51.2 Å². The van der Waals surface area contributed by atoms with E-state index in [1.165, 1.54) is 0 Å². The summed E-state index contributed by atoms with van der Waals surface area (Å²) in [6.45, 7) is 13.2. The molecule has 1 aromatic carbocycles. The molecule has 0 bridgehead atoms. The second-order valence-corrected chi connectivity index (χ2v) is 11.4. The molecule has 0 saturated carbocycles. The van der Waals surface area contributed by atoms with Gasteiger partial charge in [0.1, 0.15) is 5.75 Å². The molecule has 3 heteroatoms. The summed E-state index contributed by atoms with van der Waals surface area (Å²) in [5.41, 5.74) is 1.08. The maximum atomic E-state index is 6.31. The van der Waals surface area contributed by atoms with Crippen molar-refractivity contribution < 1.29 is 4.43 Å². The molecule has 17 heavy (non-hydrogen) atoms. The van der Waals surface area contributed by atoms with Crippen molar-refractivity contribution in [1.82, 2.24) is 0 Å². The summed E-state index contributed by atoms with van der Waals surface area (Å²) < 4.78 is 6.31. The van der Waals surface area contributed by atoms with Crippen LogP contribution in [-0.4, -0.2) is 8.32 Å². The largest absolute Gasteiger partial charge is 0.543 e. The van der Waals surface area contributed by atoms with Crippen molar-refractivity contribution in [3.63, 3.8) is 0 Å². The van der Waals surface area contributed by atoms with Crippen LogP contribution in [0.5, 0.6) is 5.75 Å². The third-order valence-electron chi connectivity index (χ3n) is 3.52. The standard InChI is InChI=1S/C14H23ClOSi/c1-11(15)12-9-7-8-10-13(12)16-17(5,6)14(2,3)4/h7-11H,1-6H3. The Balaban J connectivity index is 3.04. The molecule has 1 nitrogen and oxygen atoms in total. The molecule has 0 aliphatic rings. The Labute approximate surface area is 111 Å². The van der Waals surface area contributed by atoms with Gasteiger partial charge >= 0.3 is 0 Å². The second kappa shape index (κ2) is 5.03. The summed E-state index contributed by atoms with van der Waals surface area (Å²) in [6, 6.07) is 8.08. The van der Waals surface area contributed by atoms with E-state index in [1.54, 1.807) is 0 Å². The average Bonchev–Trinajstić information content (AvgIpc) is 2.15. The zero-order valence-electron chi connectivity index (χ0n) is 11.7. The number of hydrogen-bond acceptors (Lipinski definition) is 1. The zero-order chi connectivity index (χ0) is 13.3. The highest BCUT2D eigenvalue weighted by Gasteiger charge is 2.39. The van der Waals surface area contributed by atoms with Gasteiger partial charge in [-0.15, -0.1) is 11.6 Å². The van der Waals surface area contributed by atoms with Crippen LogP contribution in [0.4, 0.5) is 0 Å². The fraction of sp³-hybridized carbons (Fsp3) is 0.571. The van der Waals surface area contributed by atoms with E-state index in [-0.39, 0.29) is 10.4 Å². The van der Waals surface area contributed by atoms with Crippen molar-refractivity contribution in [3.8, 4) is 5.75 Å². The molecular formula is C14H23ClOSi. The number of halogens is 1. The van der Waals surface area contributed by atoms with Gasteiger partial charge in [-0.25, -0.2) is 0 Å². The van der Waals surface area contributed by atoms with E-state index in [9.17, 15) is 0 Å². The first-order valence-corrected chi connectivity index (χ1v) is 9.41. The molecule has 0 spiro atoms. The van der Waals surface area contributed by atoms with Crippen LogP contribution in [-0.2, 0) is 0 Å². The number of rotatable bonds is 3. The topological polar surface area (TPSA) is 9.23 Å². The van der Waals surface area contributed by atoms with E-state index < -0.39 is 8.32 Å². The monoisotopic (exact) mass is 270 g/mol. The molecule has 0 fully saturated rings. The molecule has 1 unspecified atom stereocenters. The Morgan fingerprint density at radius 2 is 1.71 bits per heavy atom. The fourth-order valence-electron chi connectivity index (χ4n) is 1.33. The smallest absolute Gasteiger partial charge is 0.250 e. The summed E-state index contributed by atoms with van der Waals surface area (Å²) in [5.74, 6) is 0.946. The lowest BCUT2D eigenvalue weighted by atomic mass is 10.1. The van der Waals surface area contributed by atoms with E-state index in [2.05, 4.69) is 33.9 Å². The van der Waals surface area contributed by atoms with Crippen molar-refractivity contribution in [2.75, 3.05) is 0 Å². The van der Waals surface area contributed by atoms with E-state index >= 15 is 0 Å². The number of para-hydroxylation sites is 1. The van der Waals surface area contributed by atoms with Gasteiger partial charge in [0.25, 0.3) is 0 Å². The lowest BCUT2D eigenvalue weighted by Gasteiger charge is -2.37. The second-order valence-electron chi connectivity index (χ2n) is 6.02. The minimum Gasteiger partial charge on any atom is -0.543 e. The summed E-state index contributed by atoms with van der Waals surface area (Å²) in [7, 11) is -1.78. The maximum Gasteiger partial charge on any atom is 0.250 e. The van der Waals surface area contributed by atoms with Gasteiger partial charge in [0.05, 0.1) is 5.38 Å². The number of benzene rings is 1. The number of hydrogen-bond donors (Lipinski definition) is 0. The Hall–Kier alpha value is -0.473. The molecule has 1 atom stereocenters. The summed E-state index contributed by atoms with van der Waals surface area (Å²) in [4.78, 5) is 0. The van der Waals surface area contributed by atoms with Crippen molar-refractivity contribution in [2.24, 2.45) is 0 Å². The van der Waals surface area contributed by atoms with Gasteiger partial charge in [-0.05, 0) is 31.1 Å². The molecule has 1 aromatic rings. The molecule has 0 aliphatic carbocycles. The molecule has 0 aromatic heterocycles. The fourth-order valence-corrected chi connectivity index (χ4v) is 2.55. The van der Waals surface area contributed by atoms with Crippen LogP contribution in [0.3, 0.4) is 0 Å². The Morgan fingerprint density at radius 1 is 1.18 bits per heavy atom. The molecular weight excluding hydrogens is 248 g/mol. The molecule has 0 saturated heterocycles. The van der Waals surface area contributed by atoms with Crippen LogP contribution in [0.2, 0.25) is 18.1 Å². The highest BCUT2D eigenvalue weighted by Crippen LogP contribution is 2.39. The first-order valence-electron chi connectivity index (χ1n) is 6.07. The van der Waals surface area contributed by atoms with Crippen LogP contribution >= 0.6 is 11.6 Å². The molecule has 0 heterocycles. The predicted octanol–water partition coefficient (Wildman–Crippen LogP) is 5.37. The first-order chi connectivity index (χ1) is 7.65. The van der Waals surface area contributed by atoms with Crippen LogP contribution in [0.25, 0.3) is 0 Å². The minimum atomic E-state index is -1.78. The highest BCUT2D eigenvalue weighted by atomic mass is 35.5. The zero-order valence-corrected chi connectivity index (χ0v) is 13.4. The van der Waals surface area contributed by atoms with Crippen LogP contribution < -0.4 is 4.43 Å². The quantitative estimate of drug-likeness (QED) is 0.530. The van der Waals surface area contributed by atoms with E-state index in [1.807, 2.05) is 31.2 Å². The molecule has 0 amide bonds. The summed E-state index contributed by atoms with van der Waals surface area (Å²) >= 11 is 6.19. The van der Waals surface area contributed by atoms with Gasteiger partial charge in [0.2, 0.25) is 8.32 Å². The lowest BCUT2D eigenvalue weighted by Crippen LogP contribution is -2.44. The lowest BCUT2D eigenvalue weighted by molar-refractivity contribution is 0.487. The van der Waals surface area contributed by atoms with Crippen LogP contribution in [0, 0.1) is 0 Å². The molecule has 96 valence electrons. The SMILES string of the molecule is CC(Cl)c1ccccc1O[Si](C)(C)C(C)(C)C. The normalized spacial score (nSPS) is 14.5. The van der Waals surface area contributed by atoms with E-state index in [0.29, 0.717) is 0 Å². The van der Waals surface area contributed by atoms with E-state index in [4.69, 9.17) is 16.0 Å². The predicted molar refractivity (Wildman–Crippen MR) is 78.5 cm³/mol. The summed E-state index contributed by atoms with van der Waals surface area (Å²) in [5, 5.41) is 0.186. The maximum absolute atomic E-state index is 6.31. The minimum absolute atomic E-state index is 0.0176. The van der Waals surface area contributed by atoms with Crippen molar-refractivity contribution in [3.05, 3.63) is 29.8 Å². The van der Waals surface area contributed by atoms with Crippen LogP contribution in [0.1, 0.15) is 38.6 Å². The Bertz CT molecular complexity index is 380. The van der Waals surface area contributed by atoms with Crippen molar-refractivity contribution >= 4 is 19.9 Å². The van der Waals surface area contributed by atoms with Gasteiger partial charge in [-0.3, -0.25) is 0 Å². The molecule has 0 radical (unpaired) electrons. The Kier molecular flexibility index (Phi) is 4.31. The third-order valence-corrected chi connectivity index (χ3v) is 8.10. The molecule has 0 N–H and O–H groups in total. The molecule has 1 rings (SSSR count). The van der Waals surface area contributed by atoms with Gasteiger partial charge in [0.15, 0.2) is 0 Å². The van der Waals surface area contributed by atoms with E-state index in [0.717, 1.165) is 11.3 Å². The third kappa shape index (κ3) is 3.49. The van der Waals surface area contributed by atoms with Gasteiger partial charge in [-0.2, -0.15) is 0 Å². The first kappa shape index (κ1) is 14.6. The number of alkyl halides is 1. The Morgan fingerprint density at radius 3 is 2.18 bits per heavy atom. The highest BCUT2D eigenvalue weighted by molar-refractivity contribution is 6.74. The van der Waals surface area contributed by atoms with Gasteiger partial charge < -0.3 is 4.43 Å². The molecule has 0 aliphatic heterocycles. The summed E-state index contributed by atoms with van der Waals surface area (Å²) in [6.07, 6.45) is 0. The van der Waals surface area contributed by atoms with Gasteiger partial charge in [0, 0.05) is 5.56 Å². The van der Waals surface area contributed by atoms with Crippen molar-refractivity contribution in [1.29, 1.82) is 0 Å². The average molecular weight is 271 g/mol. The van der Waals surface area contributed by atoms with Crippen LogP contribution in [0.15, 0.2) is 24.3 Å². The van der Waals surface area contributed by atoms with Gasteiger partial charge in [-0.1, -0.05) is 39.0 Å².